The van der Waals surface area contributed by atoms with Crippen LogP contribution in [0.1, 0.15) is 63.4 Å². The molecule has 1 N–H and O–H groups in total. The second-order valence-corrected chi connectivity index (χ2v) is 5.97. The number of aromatic amines is 1. The zero-order valence-corrected chi connectivity index (χ0v) is 13.9. The number of carbonyl (C=O) groups is 1. The van der Waals surface area contributed by atoms with E-state index in [0.717, 1.165) is 24.2 Å². The van der Waals surface area contributed by atoms with Gasteiger partial charge in [0.1, 0.15) is 0 Å². The Morgan fingerprint density at radius 2 is 1.62 bits per heavy atom. The third-order valence-electron chi connectivity index (χ3n) is 3.58. The fraction of sp³-hybridized carbons (Fsp3) is 0.706. The van der Waals surface area contributed by atoms with Crippen LogP contribution in [-0.4, -0.2) is 23.3 Å². The Kier molecular flexibility index (Phi) is 11.1. The van der Waals surface area contributed by atoms with Gasteiger partial charge in [-0.25, -0.2) is 0 Å². The lowest BCUT2D eigenvalue weighted by Crippen LogP contribution is -2.08. The molecule has 3 nitrogen and oxygen atoms in total. The van der Waals surface area contributed by atoms with Crippen molar-refractivity contribution in [2.45, 2.75) is 64.2 Å². The minimum atomic E-state index is -0.126. The van der Waals surface area contributed by atoms with Gasteiger partial charge in [-0.2, -0.15) is 12.6 Å². The zero-order chi connectivity index (χ0) is 15.2. The molecule has 0 spiro atoms. The molecule has 0 amide bonds. The summed E-state index contributed by atoms with van der Waals surface area (Å²) in [5, 5.41) is 0. The molecule has 1 rings (SSSR count). The summed E-state index contributed by atoms with van der Waals surface area (Å²) in [7, 11) is 0. The zero-order valence-electron chi connectivity index (χ0n) is 13.0. The van der Waals surface area contributed by atoms with Gasteiger partial charge in [0.25, 0.3) is 0 Å². The van der Waals surface area contributed by atoms with E-state index in [9.17, 15) is 4.79 Å². The van der Waals surface area contributed by atoms with Crippen molar-refractivity contribution in [1.82, 2.24) is 4.98 Å². The van der Waals surface area contributed by atoms with Crippen LogP contribution in [0, 0.1) is 0 Å². The van der Waals surface area contributed by atoms with Crippen molar-refractivity contribution in [2.24, 2.45) is 0 Å². The van der Waals surface area contributed by atoms with Gasteiger partial charge in [0.05, 0.1) is 13.0 Å². The molecule has 0 saturated heterocycles. The van der Waals surface area contributed by atoms with Crippen molar-refractivity contribution < 1.29 is 9.53 Å². The van der Waals surface area contributed by atoms with Gasteiger partial charge in [0, 0.05) is 12.4 Å². The molecule has 21 heavy (non-hydrogen) atoms. The lowest BCUT2D eigenvalue weighted by Gasteiger charge is -2.04. The molecule has 0 unspecified atom stereocenters. The summed E-state index contributed by atoms with van der Waals surface area (Å²) < 4.78 is 5.23. The predicted octanol–water partition coefficient (Wildman–Crippen LogP) is 4.54. The molecule has 0 fully saturated rings. The number of hydrogen-bond acceptors (Lipinski definition) is 3. The number of aromatic nitrogens is 1. The normalized spacial score (nSPS) is 10.7. The molecule has 0 aliphatic rings. The summed E-state index contributed by atoms with van der Waals surface area (Å²) in [4.78, 5) is 14.5. The molecule has 0 atom stereocenters. The number of carbonyl (C=O) groups excluding carboxylic acids is 1. The van der Waals surface area contributed by atoms with E-state index in [1.165, 1.54) is 44.9 Å². The molecule has 0 radical (unpaired) electrons. The highest BCUT2D eigenvalue weighted by molar-refractivity contribution is 7.80. The van der Waals surface area contributed by atoms with Crippen LogP contribution < -0.4 is 0 Å². The first-order valence-corrected chi connectivity index (χ1v) is 8.84. The van der Waals surface area contributed by atoms with Crippen molar-refractivity contribution in [1.29, 1.82) is 0 Å². The van der Waals surface area contributed by atoms with Gasteiger partial charge in [-0.05, 0) is 30.2 Å². The lowest BCUT2D eigenvalue weighted by molar-refractivity contribution is -0.142. The second-order valence-electron chi connectivity index (χ2n) is 5.52. The van der Waals surface area contributed by atoms with Crippen molar-refractivity contribution in [3.8, 4) is 0 Å². The van der Waals surface area contributed by atoms with Crippen molar-refractivity contribution in [2.75, 3.05) is 12.4 Å². The quantitative estimate of drug-likeness (QED) is 0.319. The molecular formula is C17H29NO2S. The van der Waals surface area contributed by atoms with E-state index >= 15 is 0 Å². The van der Waals surface area contributed by atoms with Crippen LogP contribution in [0.25, 0.3) is 0 Å². The highest BCUT2D eigenvalue weighted by atomic mass is 32.1. The third kappa shape index (κ3) is 10.5. The Hall–Kier alpha value is -0.900. The average Bonchev–Trinajstić information content (AvgIpc) is 2.97. The topological polar surface area (TPSA) is 42.1 Å². The van der Waals surface area contributed by atoms with E-state index in [1.54, 1.807) is 0 Å². The molecule has 0 aliphatic carbocycles. The maximum Gasteiger partial charge on any atom is 0.310 e. The molecule has 1 aromatic rings. The molecule has 0 saturated carbocycles. The maximum atomic E-state index is 11.5. The van der Waals surface area contributed by atoms with Crippen LogP contribution in [0.2, 0.25) is 0 Å². The monoisotopic (exact) mass is 311 g/mol. The Morgan fingerprint density at radius 1 is 1.00 bits per heavy atom. The van der Waals surface area contributed by atoms with Gasteiger partial charge < -0.3 is 9.72 Å². The summed E-state index contributed by atoms with van der Waals surface area (Å²) in [6.45, 7) is 0.561. The first kappa shape index (κ1) is 18.1. The van der Waals surface area contributed by atoms with E-state index < -0.39 is 0 Å². The first-order valence-electron chi connectivity index (χ1n) is 8.21. The number of thiol groups is 1. The van der Waals surface area contributed by atoms with Crippen LogP contribution >= 0.6 is 12.6 Å². The first-order chi connectivity index (χ1) is 10.3. The van der Waals surface area contributed by atoms with Gasteiger partial charge in [-0.3, -0.25) is 4.79 Å². The van der Waals surface area contributed by atoms with Crippen LogP contribution in [-0.2, 0) is 16.0 Å². The Morgan fingerprint density at radius 3 is 2.19 bits per heavy atom. The van der Waals surface area contributed by atoms with Gasteiger partial charge >= 0.3 is 5.97 Å². The van der Waals surface area contributed by atoms with E-state index in [1.807, 2.05) is 18.5 Å². The Balaban J connectivity index is 1.81. The molecular weight excluding hydrogens is 282 g/mol. The van der Waals surface area contributed by atoms with Gasteiger partial charge in [0.15, 0.2) is 0 Å². The van der Waals surface area contributed by atoms with Gasteiger partial charge in [-0.1, -0.05) is 44.9 Å². The Bertz CT molecular complexity index is 352. The van der Waals surface area contributed by atoms with E-state index in [-0.39, 0.29) is 5.97 Å². The predicted molar refractivity (Wildman–Crippen MR) is 90.9 cm³/mol. The lowest BCUT2D eigenvalue weighted by atomic mass is 10.1. The van der Waals surface area contributed by atoms with Gasteiger partial charge in [0.2, 0.25) is 0 Å². The smallest absolute Gasteiger partial charge is 0.310 e. The summed E-state index contributed by atoms with van der Waals surface area (Å²) in [6, 6.07) is 1.90. The molecule has 0 bridgehead atoms. The fourth-order valence-corrected chi connectivity index (χ4v) is 2.55. The molecule has 120 valence electrons. The summed E-state index contributed by atoms with van der Waals surface area (Å²) in [5.74, 6) is 0.891. The molecule has 0 aromatic carbocycles. The van der Waals surface area contributed by atoms with Crippen LogP contribution in [0.4, 0.5) is 0 Å². The number of rotatable bonds is 13. The Labute approximate surface area is 134 Å². The summed E-state index contributed by atoms with van der Waals surface area (Å²) >= 11 is 4.21. The molecule has 0 aliphatic heterocycles. The largest absolute Gasteiger partial charge is 0.465 e. The van der Waals surface area contributed by atoms with E-state index in [0.29, 0.717) is 13.0 Å². The standard InChI is InChI=1S/C17H29NO2S/c19-17(14-16-10-11-18-15-16)20-12-8-6-4-2-1-3-5-7-9-13-21/h10-11,15,18,21H,1-9,12-14H2. The van der Waals surface area contributed by atoms with Crippen molar-refractivity contribution in [3.05, 3.63) is 24.0 Å². The summed E-state index contributed by atoms with van der Waals surface area (Å²) in [6.07, 6.45) is 15.3. The number of hydrogen-bond donors (Lipinski definition) is 2. The third-order valence-corrected chi connectivity index (χ3v) is 3.89. The maximum absolute atomic E-state index is 11.5. The van der Waals surface area contributed by atoms with Gasteiger partial charge in [-0.15, -0.1) is 0 Å². The average molecular weight is 311 g/mol. The molecule has 1 heterocycles. The highest BCUT2D eigenvalue weighted by Gasteiger charge is 2.04. The van der Waals surface area contributed by atoms with Crippen molar-refractivity contribution in [3.63, 3.8) is 0 Å². The molecule has 1 aromatic heterocycles. The molecule has 4 heteroatoms. The summed E-state index contributed by atoms with van der Waals surface area (Å²) in [5.41, 5.74) is 0.984. The van der Waals surface area contributed by atoms with Crippen LogP contribution in [0.3, 0.4) is 0 Å². The fourth-order valence-electron chi connectivity index (χ4n) is 2.32. The van der Waals surface area contributed by atoms with E-state index in [4.69, 9.17) is 4.74 Å². The van der Waals surface area contributed by atoms with Crippen molar-refractivity contribution >= 4 is 18.6 Å². The van der Waals surface area contributed by atoms with E-state index in [2.05, 4.69) is 17.6 Å². The SMILES string of the molecule is O=C(Cc1cc[nH]c1)OCCCCCCCCCCCS. The number of nitrogens with one attached hydrogen (secondary N) is 1. The highest BCUT2D eigenvalue weighted by Crippen LogP contribution is 2.10. The number of esters is 1. The minimum absolute atomic E-state index is 0.126. The minimum Gasteiger partial charge on any atom is -0.465 e. The van der Waals surface area contributed by atoms with Crippen LogP contribution in [0.15, 0.2) is 18.5 Å². The number of ether oxygens (including phenoxy) is 1. The number of unbranched alkanes of at least 4 members (excludes halogenated alkanes) is 8. The number of H-pyrrole nitrogens is 1. The second kappa shape index (κ2) is 12.8. The van der Waals surface area contributed by atoms with Crippen LogP contribution in [0.5, 0.6) is 0 Å².